The van der Waals surface area contributed by atoms with Gasteiger partial charge in [-0.05, 0) is 92.4 Å². The van der Waals surface area contributed by atoms with Crippen LogP contribution >= 0.6 is 0 Å². The van der Waals surface area contributed by atoms with Crippen LogP contribution in [0.15, 0.2) is 18.2 Å². The summed E-state index contributed by atoms with van der Waals surface area (Å²) in [5.41, 5.74) is 1.99. The molecule has 3 saturated carbocycles. The first-order valence-corrected chi connectivity index (χ1v) is 10.3. The van der Waals surface area contributed by atoms with Crippen LogP contribution in [-0.4, -0.2) is 23.6 Å². The summed E-state index contributed by atoms with van der Waals surface area (Å²) in [4.78, 5) is 13.4. The number of Topliss-reactive ketones (excluding diaryl/α,β-unsaturated/α-hetero) is 1. The van der Waals surface area contributed by atoms with Gasteiger partial charge in [-0.2, -0.15) is 0 Å². The van der Waals surface area contributed by atoms with Crippen LogP contribution in [0.2, 0.25) is 0 Å². The van der Waals surface area contributed by atoms with Crippen LogP contribution in [0.5, 0.6) is 5.75 Å². The van der Waals surface area contributed by atoms with Crippen LogP contribution in [0.1, 0.15) is 69.4 Å². The highest BCUT2D eigenvalue weighted by atomic mass is 16.5. The van der Waals surface area contributed by atoms with Crippen molar-refractivity contribution in [3.8, 4) is 5.75 Å². The molecular weight excluding hydrogens is 324 g/mol. The first-order chi connectivity index (χ1) is 12.3. The predicted molar refractivity (Wildman–Crippen MR) is 100 cm³/mol. The molecule has 26 heavy (non-hydrogen) atoms. The number of aliphatic hydroxyl groups is 1. The Morgan fingerprint density at radius 1 is 1.15 bits per heavy atom. The van der Waals surface area contributed by atoms with E-state index in [1.807, 2.05) is 6.92 Å². The lowest BCUT2D eigenvalue weighted by molar-refractivity contribution is -0.138. The average Bonchev–Trinajstić information content (AvgIpc) is 2.85. The van der Waals surface area contributed by atoms with Crippen LogP contribution in [0.3, 0.4) is 0 Å². The number of ketones is 1. The molecule has 5 rings (SSSR count). The molecule has 1 spiro atoms. The topological polar surface area (TPSA) is 46.5 Å². The lowest BCUT2D eigenvalue weighted by Crippen LogP contribution is -2.52. The standard InChI is InChI=1S/C23H30O3/c1-21-9-8-17-16-6-5-15(26-3)12-14(16)4-7-18(17)23(21)11-10-22(2,25)19(13-23)20(21)24/h5-6,12,17-19,25H,4,7-11,13H2,1-3H3/t17-,18-,19+,21-,22+,23-/m1/s1. The Morgan fingerprint density at radius 3 is 2.73 bits per heavy atom. The smallest absolute Gasteiger partial charge is 0.145 e. The molecule has 0 unspecified atom stereocenters. The Bertz CT molecular complexity index is 782. The molecule has 0 saturated heterocycles. The van der Waals surface area contributed by atoms with Crippen molar-refractivity contribution in [1.82, 2.24) is 0 Å². The summed E-state index contributed by atoms with van der Waals surface area (Å²) >= 11 is 0. The van der Waals surface area contributed by atoms with Crippen LogP contribution in [-0.2, 0) is 11.2 Å². The van der Waals surface area contributed by atoms with E-state index in [1.54, 1.807) is 7.11 Å². The highest BCUT2D eigenvalue weighted by molar-refractivity contribution is 5.92. The molecular formula is C23H30O3. The molecule has 1 N–H and O–H groups in total. The minimum Gasteiger partial charge on any atom is -0.497 e. The molecule has 3 heteroatoms. The van der Waals surface area contributed by atoms with Crippen molar-refractivity contribution in [3.63, 3.8) is 0 Å². The van der Waals surface area contributed by atoms with E-state index in [2.05, 4.69) is 25.1 Å². The number of fused-ring (bicyclic) bond motifs is 4. The Labute approximate surface area is 156 Å². The van der Waals surface area contributed by atoms with E-state index in [-0.39, 0.29) is 16.7 Å². The fourth-order valence-corrected chi connectivity index (χ4v) is 7.44. The largest absolute Gasteiger partial charge is 0.497 e. The second kappa shape index (κ2) is 5.13. The lowest BCUT2D eigenvalue weighted by Gasteiger charge is -2.58. The molecule has 140 valence electrons. The molecule has 6 atom stereocenters. The molecule has 0 aliphatic heterocycles. The van der Waals surface area contributed by atoms with E-state index in [4.69, 9.17) is 4.74 Å². The first-order valence-electron chi connectivity index (χ1n) is 10.3. The maximum absolute atomic E-state index is 13.4. The fourth-order valence-electron chi connectivity index (χ4n) is 7.44. The number of carbonyl (C=O) groups is 1. The summed E-state index contributed by atoms with van der Waals surface area (Å²) in [6, 6.07) is 6.59. The zero-order valence-electron chi connectivity index (χ0n) is 16.2. The highest BCUT2D eigenvalue weighted by Gasteiger charge is 2.71. The fraction of sp³-hybridized carbons (Fsp3) is 0.696. The summed E-state index contributed by atoms with van der Waals surface area (Å²) in [6.45, 7) is 4.12. The normalized spacial score (nSPS) is 46.3. The van der Waals surface area contributed by atoms with Crippen molar-refractivity contribution in [2.24, 2.45) is 22.7 Å². The number of hydrogen-bond donors (Lipinski definition) is 1. The van der Waals surface area contributed by atoms with Crippen molar-refractivity contribution < 1.29 is 14.6 Å². The molecule has 2 bridgehead atoms. The molecule has 0 amide bonds. The van der Waals surface area contributed by atoms with Gasteiger partial charge in [-0.3, -0.25) is 4.79 Å². The molecule has 0 aromatic heterocycles. The molecule has 3 nitrogen and oxygen atoms in total. The van der Waals surface area contributed by atoms with Gasteiger partial charge >= 0.3 is 0 Å². The average molecular weight is 354 g/mol. The monoisotopic (exact) mass is 354 g/mol. The summed E-state index contributed by atoms with van der Waals surface area (Å²) in [5, 5.41) is 10.9. The van der Waals surface area contributed by atoms with Gasteiger partial charge in [0, 0.05) is 11.3 Å². The van der Waals surface area contributed by atoms with Crippen LogP contribution < -0.4 is 4.74 Å². The molecule has 4 aliphatic rings. The second-order valence-electron chi connectivity index (χ2n) is 9.82. The quantitative estimate of drug-likeness (QED) is 0.819. The molecule has 0 radical (unpaired) electrons. The van der Waals surface area contributed by atoms with Gasteiger partial charge in [0.15, 0.2) is 0 Å². The number of ether oxygens (including phenoxy) is 1. The van der Waals surface area contributed by atoms with Gasteiger partial charge in [-0.1, -0.05) is 13.0 Å². The third kappa shape index (κ3) is 1.86. The van der Waals surface area contributed by atoms with E-state index < -0.39 is 5.60 Å². The van der Waals surface area contributed by atoms with Crippen molar-refractivity contribution in [2.45, 2.75) is 70.3 Å². The number of benzene rings is 1. The maximum atomic E-state index is 13.4. The van der Waals surface area contributed by atoms with Crippen molar-refractivity contribution in [2.75, 3.05) is 7.11 Å². The Kier molecular flexibility index (Phi) is 3.31. The third-order valence-corrected chi connectivity index (χ3v) is 8.98. The van der Waals surface area contributed by atoms with Crippen molar-refractivity contribution >= 4 is 5.78 Å². The van der Waals surface area contributed by atoms with Crippen molar-refractivity contribution in [1.29, 1.82) is 0 Å². The van der Waals surface area contributed by atoms with Gasteiger partial charge in [-0.15, -0.1) is 0 Å². The van der Waals surface area contributed by atoms with Crippen LogP contribution in [0.25, 0.3) is 0 Å². The molecule has 1 aromatic rings. The first kappa shape index (κ1) is 16.8. The third-order valence-electron chi connectivity index (χ3n) is 8.98. The van der Waals surface area contributed by atoms with E-state index in [9.17, 15) is 9.90 Å². The van der Waals surface area contributed by atoms with Gasteiger partial charge in [-0.25, -0.2) is 0 Å². The van der Waals surface area contributed by atoms with Gasteiger partial charge in [0.05, 0.1) is 12.7 Å². The maximum Gasteiger partial charge on any atom is 0.145 e. The number of methoxy groups -OCH3 is 1. The van der Waals surface area contributed by atoms with Gasteiger partial charge < -0.3 is 9.84 Å². The Balaban J connectivity index is 1.59. The van der Waals surface area contributed by atoms with Crippen LogP contribution in [0.4, 0.5) is 0 Å². The summed E-state index contributed by atoms with van der Waals surface area (Å²) in [7, 11) is 1.73. The summed E-state index contributed by atoms with van der Waals surface area (Å²) in [5.74, 6) is 2.29. The summed E-state index contributed by atoms with van der Waals surface area (Å²) < 4.78 is 5.43. The van der Waals surface area contributed by atoms with Gasteiger partial charge in [0.25, 0.3) is 0 Å². The van der Waals surface area contributed by atoms with E-state index in [1.165, 1.54) is 17.5 Å². The molecule has 4 aliphatic carbocycles. The van der Waals surface area contributed by atoms with E-state index >= 15 is 0 Å². The lowest BCUT2D eigenvalue weighted by atomic mass is 9.46. The number of aryl methyl sites for hydroxylation is 1. The second-order valence-corrected chi connectivity index (χ2v) is 9.82. The number of hydrogen-bond acceptors (Lipinski definition) is 3. The van der Waals surface area contributed by atoms with Gasteiger partial charge in [0.2, 0.25) is 0 Å². The zero-order chi connectivity index (χ0) is 18.3. The van der Waals surface area contributed by atoms with Crippen LogP contribution in [0, 0.1) is 22.7 Å². The van der Waals surface area contributed by atoms with Crippen molar-refractivity contribution in [3.05, 3.63) is 29.3 Å². The predicted octanol–water partition coefficient (Wildman–Crippen LogP) is 4.26. The minimum atomic E-state index is -0.807. The zero-order valence-corrected chi connectivity index (χ0v) is 16.2. The highest BCUT2D eigenvalue weighted by Crippen LogP contribution is 2.73. The Morgan fingerprint density at radius 2 is 1.96 bits per heavy atom. The van der Waals surface area contributed by atoms with E-state index in [0.717, 1.165) is 44.3 Å². The summed E-state index contributed by atoms with van der Waals surface area (Å²) in [6.07, 6.45) is 7.02. The molecule has 0 heterocycles. The van der Waals surface area contributed by atoms with Gasteiger partial charge in [0.1, 0.15) is 11.5 Å². The SMILES string of the molecule is COc1ccc2c(c1)CC[C@@H]1[C@@H]2CC[C@]2(C)C(=O)[C@@H]3C[C@]12CC[C@]3(C)O. The van der Waals surface area contributed by atoms with E-state index in [0.29, 0.717) is 17.6 Å². The minimum absolute atomic E-state index is 0.0948. The Hall–Kier alpha value is -1.35. The number of rotatable bonds is 1. The molecule has 1 aromatic carbocycles. The molecule has 3 fully saturated rings. The number of carbonyl (C=O) groups excluding carboxylic acids is 1.